The second-order valence-corrected chi connectivity index (χ2v) is 13.4. The summed E-state index contributed by atoms with van der Waals surface area (Å²) in [5.41, 5.74) is -2.63. The molecule has 0 spiro atoms. The first kappa shape index (κ1) is 40.1. The Morgan fingerprint density at radius 3 is 1.15 bits per heavy atom. The van der Waals surface area contributed by atoms with Crippen molar-refractivity contribution >= 4 is 8.60 Å². The number of aliphatic hydroxyl groups is 5. The van der Waals surface area contributed by atoms with Gasteiger partial charge in [-0.25, -0.2) is 0 Å². The zero-order chi connectivity index (χ0) is 30.4. The first-order chi connectivity index (χ1) is 19.1. The number of ether oxygens (including phenoxy) is 1. The van der Waals surface area contributed by atoms with Gasteiger partial charge in [-0.3, -0.25) is 0 Å². The summed E-state index contributed by atoms with van der Waals surface area (Å²) in [6.45, 7) is 6.05. The van der Waals surface area contributed by atoms with Crippen molar-refractivity contribution in [3.63, 3.8) is 0 Å². The van der Waals surface area contributed by atoms with E-state index in [4.69, 9.17) is 9.26 Å². The van der Waals surface area contributed by atoms with Crippen LogP contribution in [0.1, 0.15) is 118 Å². The monoisotopic (exact) mass is 598 g/mol. The first-order valence-corrected chi connectivity index (χ1v) is 16.7. The van der Waals surface area contributed by atoms with E-state index >= 15 is 0 Å². The molecule has 0 aromatic carbocycles. The summed E-state index contributed by atoms with van der Waals surface area (Å²) >= 11 is 0. The molecule has 0 aliphatic carbocycles. The Kier molecular flexibility index (Phi) is 23.6. The summed E-state index contributed by atoms with van der Waals surface area (Å²) in [6, 6.07) is 0. The number of hydrogen-bond acceptors (Lipinski definition) is 9. The fourth-order valence-corrected chi connectivity index (χ4v) is 5.51. The van der Waals surface area contributed by atoms with Gasteiger partial charge in [-0.15, -0.1) is 0 Å². The third kappa shape index (κ3) is 16.1. The lowest BCUT2D eigenvalue weighted by atomic mass is 9.78. The quantitative estimate of drug-likeness (QED) is 0.0501. The molecule has 10 heteroatoms. The molecule has 9 nitrogen and oxygen atoms in total. The second kappa shape index (κ2) is 23.5. The van der Waals surface area contributed by atoms with Crippen LogP contribution in [0.3, 0.4) is 0 Å². The Bertz CT molecular complexity index is 561. The number of unbranched alkanes of at least 4 members (excludes halogenated alkanes) is 8. The molecule has 0 aromatic rings. The predicted octanol–water partition coefficient (Wildman–Crippen LogP) is 4.68. The van der Waals surface area contributed by atoms with E-state index in [0.717, 1.165) is 51.4 Å². The molecule has 0 radical (unpaired) electrons. The van der Waals surface area contributed by atoms with E-state index in [1.807, 2.05) is 0 Å². The molecular formula is C30H63O9P. The van der Waals surface area contributed by atoms with Crippen molar-refractivity contribution in [2.75, 3.05) is 39.6 Å². The van der Waals surface area contributed by atoms with Gasteiger partial charge in [0.05, 0.1) is 62.7 Å². The second-order valence-electron chi connectivity index (χ2n) is 12.6. The molecule has 7 N–H and O–H groups in total. The maximum atomic E-state index is 10.4. The van der Waals surface area contributed by atoms with Crippen molar-refractivity contribution < 1.29 is 44.6 Å². The summed E-state index contributed by atoms with van der Waals surface area (Å²) in [5, 5.41) is 51.4. The molecule has 242 valence electrons. The van der Waals surface area contributed by atoms with Crippen molar-refractivity contribution in [1.29, 1.82) is 0 Å². The van der Waals surface area contributed by atoms with Crippen LogP contribution in [0.5, 0.6) is 0 Å². The molecule has 0 aliphatic rings. The molecule has 40 heavy (non-hydrogen) atoms. The van der Waals surface area contributed by atoms with Gasteiger partial charge in [0.15, 0.2) is 0 Å². The third-order valence-electron chi connectivity index (χ3n) is 8.23. The maximum absolute atomic E-state index is 10.4. The van der Waals surface area contributed by atoms with E-state index in [0.29, 0.717) is 24.7 Å². The Balaban J connectivity index is 5.64. The third-order valence-corrected chi connectivity index (χ3v) is 8.59. The van der Waals surface area contributed by atoms with E-state index in [1.165, 1.54) is 25.7 Å². The SMILES string of the molecule is CC(C)CCCCCCCC(OC(CCCCCCCC(C)C)C(CO)(CO)COP(O)O)C(CO)(CO)CO. The van der Waals surface area contributed by atoms with Gasteiger partial charge in [0, 0.05) is 0 Å². The fraction of sp³-hybridized carbons (Fsp3) is 1.00. The molecule has 0 saturated carbocycles. The summed E-state index contributed by atoms with van der Waals surface area (Å²) in [4.78, 5) is 18.8. The van der Waals surface area contributed by atoms with Crippen LogP contribution in [0.2, 0.25) is 0 Å². The molecule has 0 aliphatic heterocycles. The Hall–Kier alpha value is 0.0700. The standard InChI is InChI=1S/C30H63O9P/c1-25(2)15-11-7-5-9-13-17-27(29(19-31,20-32)21-33)39-28(18-14-10-6-8-12-16-26(3)4)30(22-34,23-35)24-38-40(36)37/h25-28,31-37H,5-24H2,1-4H3. The number of rotatable bonds is 28. The van der Waals surface area contributed by atoms with Crippen LogP contribution in [-0.4, -0.2) is 87.2 Å². The minimum Gasteiger partial charge on any atom is -0.396 e. The van der Waals surface area contributed by atoms with Crippen LogP contribution >= 0.6 is 8.60 Å². The molecule has 2 unspecified atom stereocenters. The summed E-state index contributed by atoms with van der Waals surface area (Å²) < 4.78 is 11.6. The van der Waals surface area contributed by atoms with Crippen LogP contribution in [0.15, 0.2) is 0 Å². The van der Waals surface area contributed by atoms with Gasteiger partial charge in [-0.2, -0.15) is 0 Å². The summed E-state index contributed by atoms with van der Waals surface area (Å²) in [5.74, 6) is 1.36. The van der Waals surface area contributed by atoms with Gasteiger partial charge in [-0.05, 0) is 24.7 Å². The smallest absolute Gasteiger partial charge is 0.327 e. The first-order valence-electron chi connectivity index (χ1n) is 15.6. The Morgan fingerprint density at radius 2 is 0.825 bits per heavy atom. The van der Waals surface area contributed by atoms with E-state index in [-0.39, 0.29) is 6.61 Å². The Morgan fingerprint density at radius 1 is 0.500 bits per heavy atom. The largest absolute Gasteiger partial charge is 0.396 e. The summed E-state index contributed by atoms with van der Waals surface area (Å²) in [6.07, 6.45) is 12.0. The average Bonchev–Trinajstić information content (AvgIpc) is 2.92. The Labute approximate surface area is 245 Å². The average molecular weight is 599 g/mol. The van der Waals surface area contributed by atoms with Crippen molar-refractivity contribution in [2.45, 2.75) is 130 Å². The lowest BCUT2D eigenvalue weighted by Gasteiger charge is -2.44. The van der Waals surface area contributed by atoms with Crippen LogP contribution in [-0.2, 0) is 9.26 Å². The fourth-order valence-electron chi connectivity index (χ4n) is 5.14. The molecule has 0 bridgehead atoms. The van der Waals surface area contributed by atoms with Gasteiger partial charge in [0.1, 0.15) is 0 Å². The van der Waals surface area contributed by atoms with Crippen LogP contribution < -0.4 is 0 Å². The minimum absolute atomic E-state index is 0.329. The molecule has 0 aromatic heterocycles. The molecule has 0 amide bonds. The number of hydrogen-bond donors (Lipinski definition) is 7. The zero-order valence-corrected chi connectivity index (χ0v) is 26.7. The highest BCUT2D eigenvalue weighted by Gasteiger charge is 2.45. The highest BCUT2D eigenvalue weighted by atomic mass is 31.2. The van der Waals surface area contributed by atoms with E-state index in [9.17, 15) is 35.3 Å². The molecule has 0 fully saturated rings. The highest BCUT2D eigenvalue weighted by Crippen LogP contribution is 2.38. The lowest BCUT2D eigenvalue weighted by Crippen LogP contribution is -2.53. The molecule has 2 atom stereocenters. The zero-order valence-electron chi connectivity index (χ0n) is 25.8. The number of aliphatic hydroxyl groups excluding tert-OH is 5. The summed E-state index contributed by atoms with van der Waals surface area (Å²) in [7, 11) is -2.70. The minimum atomic E-state index is -2.70. The van der Waals surface area contributed by atoms with Gasteiger partial charge in [0.2, 0.25) is 0 Å². The molecule has 0 heterocycles. The van der Waals surface area contributed by atoms with Crippen LogP contribution in [0.4, 0.5) is 0 Å². The van der Waals surface area contributed by atoms with Gasteiger partial charge < -0.3 is 44.6 Å². The topological polar surface area (TPSA) is 160 Å². The van der Waals surface area contributed by atoms with Gasteiger partial charge in [0.25, 0.3) is 0 Å². The van der Waals surface area contributed by atoms with Crippen LogP contribution in [0.25, 0.3) is 0 Å². The van der Waals surface area contributed by atoms with Crippen LogP contribution in [0, 0.1) is 22.7 Å². The van der Waals surface area contributed by atoms with E-state index in [2.05, 4.69) is 27.7 Å². The van der Waals surface area contributed by atoms with E-state index < -0.39 is 64.7 Å². The van der Waals surface area contributed by atoms with Crippen molar-refractivity contribution in [1.82, 2.24) is 0 Å². The van der Waals surface area contributed by atoms with E-state index in [1.54, 1.807) is 0 Å². The van der Waals surface area contributed by atoms with Gasteiger partial charge in [-0.1, -0.05) is 105 Å². The molecule has 0 rings (SSSR count). The molecule has 0 saturated heterocycles. The lowest BCUT2D eigenvalue weighted by molar-refractivity contribution is -0.189. The van der Waals surface area contributed by atoms with Crippen molar-refractivity contribution in [3.8, 4) is 0 Å². The van der Waals surface area contributed by atoms with Crippen molar-refractivity contribution in [3.05, 3.63) is 0 Å². The van der Waals surface area contributed by atoms with Gasteiger partial charge >= 0.3 is 8.60 Å². The highest BCUT2D eigenvalue weighted by molar-refractivity contribution is 7.39. The molecular weight excluding hydrogens is 535 g/mol. The predicted molar refractivity (Wildman–Crippen MR) is 161 cm³/mol. The normalized spacial score (nSPS) is 14.6. The maximum Gasteiger partial charge on any atom is 0.327 e. The van der Waals surface area contributed by atoms with Crippen molar-refractivity contribution in [2.24, 2.45) is 22.7 Å².